The third kappa shape index (κ3) is 2.13. The summed E-state index contributed by atoms with van der Waals surface area (Å²) >= 11 is 0. The molecule has 0 radical (unpaired) electrons. The monoisotopic (exact) mass is 269 g/mol. The summed E-state index contributed by atoms with van der Waals surface area (Å²) < 4.78 is 10.9. The average molecular weight is 269 g/mol. The molecule has 102 valence electrons. The van der Waals surface area contributed by atoms with Crippen molar-refractivity contribution < 1.29 is 14.3 Å². The molecule has 0 amide bonds. The van der Waals surface area contributed by atoms with Gasteiger partial charge in [-0.1, -0.05) is 12.1 Å². The maximum atomic E-state index is 12.7. The van der Waals surface area contributed by atoms with E-state index in [2.05, 4.69) is 4.98 Å². The number of carbonyl (C=O) groups is 1. The summed E-state index contributed by atoms with van der Waals surface area (Å²) in [7, 11) is 1.53. The third-order valence-corrected chi connectivity index (χ3v) is 3.43. The lowest BCUT2D eigenvalue weighted by Gasteiger charge is -2.20. The van der Waals surface area contributed by atoms with Gasteiger partial charge in [0.15, 0.2) is 0 Å². The second-order valence-electron chi connectivity index (χ2n) is 4.65. The summed E-state index contributed by atoms with van der Waals surface area (Å²) in [4.78, 5) is 16.7. The molecule has 0 spiro atoms. The number of aryl methyl sites for hydroxylation is 1. The van der Waals surface area contributed by atoms with E-state index in [1.807, 2.05) is 12.1 Å². The predicted octanol–water partition coefficient (Wildman–Crippen LogP) is 2.65. The van der Waals surface area contributed by atoms with Crippen molar-refractivity contribution in [1.29, 1.82) is 0 Å². The van der Waals surface area contributed by atoms with E-state index in [-0.39, 0.29) is 5.78 Å². The highest BCUT2D eigenvalue weighted by atomic mass is 16.5. The zero-order valence-electron chi connectivity index (χ0n) is 11.3. The van der Waals surface area contributed by atoms with Crippen molar-refractivity contribution in [2.45, 2.75) is 12.8 Å². The Kier molecular flexibility index (Phi) is 3.37. The number of aromatic nitrogens is 1. The molecule has 2 heterocycles. The summed E-state index contributed by atoms with van der Waals surface area (Å²) in [5.74, 6) is 1.09. The highest BCUT2D eigenvalue weighted by Gasteiger charge is 2.22. The van der Waals surface area contributed by atoms with E-state index < -0.39 is 0 Å². The van der Waals surface area contributed by atoms with Crippen molar-refractivity contribution in [2.24, 2.45) is 0 Å². The van der Waals surface area contributed by atoms with Gasteiger partial charge in [-0.2, -0.15) is 0 Å². The van der Waals surface area contributed by atoms with Gasteiger partial charge in [-0.3, -0.25) is 9.78 Å². The molecule has 0 fully saturated rings. The van der Waals surface area contributed by atoms with Gasteiger partial charge in [0, 0.05) is 6.20 Å². The van der Waals surface area contributed by atoms with E-state index in [1.54, 1.807) is 24.5 Å². The molecule has 4 nitrogen and oxygen atoms in total. The molecule has 1 aliphatic heterocycles. The Labute approximate surface area is 117 Å². The molecule has 20 heavy (non-hydrogen) atoms. The minimum atomic E-state index is -0.0944. The minimum Gasteiger partial charge on any atom is -0.494 e. The molecule has 0 atom stereocenters. The van der Waals surface area contributed by atoms with Gasteiger partial charge in [0.05, 0.1) is 31.0 Å². The summed E-state index contributed by atoms with van der Waals surface area (Å²) in [6.45, 7) is 0.658. The highest BCUT2D eigenvalue weighted by molar-refractivity contribution is 6.12. The molecule has 1 aromatic heterocycles. The normalized spacial score (nSPS) is 13.2. The van der Waals surface area contributed by atoms with Crippen LogP contribution < -0.4 is 9.47 Å². The number of fused-ring (bicyclic) bond motifs is 1. The molecule has 0 bridgehead atoms. The topological polar surface area (TPSA) is 48.4 Å². The van der Waals surface area contributed by atoms with Crippen LogP contribution in [0.1, 0.15) is 27.9 Å². The van der Waals surface area contributed by atoms with Gasteiger partial charge >= 0.3 is 0 Å². The Morgan fingerprint density at radius 2 is 2.20 bits per heavy atom. The van der Waals surface area contributed by atoms with Crippen LogP contribution in [-0.4, -0.2) is 24.5 Å². The van der Waals surface area contributed by atoms with Crippen LogP contribution in [-0.2, 0) is 6.42 Å². The number of ether oxygens (including phenoxy) is 2. The lowest BCUT2D eigenvalue weighted by Crippen LogP contribution is -2.13. The van der Waals surface area contributed by atoms with Crippen LogP contribution in [0.5, 0.6) is 11.5 Å². The fraction of sp³-hybridized carbons (Fsp3) is 0.250. The van der Waals surface area contributed by atoms with Gasteiger partial charge in [0.1, 0.15) is 11.5 Å². The summed E-state index contributed by atoms with van der Waals surface area (Å²) in [5, 5.41) is 0. The molecule has 0 unspecified atom stereocenters. The Morgan fingerprint density at radius 1 is 1.30 bits per heavy atom. The van der Waals surface area contributed by atoms with Gasteiger partial charge < -0.3 is 9.47 Å². The smallest absolute Gasteiger partial charge is 0.200 e. The number of benzene rings is 1. The van der Waals surface area contributed by atoms with Gasteiger partial charge in [-0.25, -0.2) is 0 Å². The summed E-state index contributed by atoms with van der Waals surface area (Å²) in [5.41, 5.74) is 2.19. The van der Waals surface area contributed by atoms with Crippen LogP contribution in [0.4, 0.5) is 0 Å². The first-order valence-corrected chi connectivity index (χ1v) is 6.58. The number of para-hydroxylation sites is 1. The maximum absolute atomic E-state index is 12.7. The molecule has 0 saturated heterocycles. The van der Waals surface area contributed by atoms with Crippen molar-refractivity contribution in [3.8, 4) is 11.5 Å². The largest absolute Gasteiger partial charge is 0.494 e. The number of nitrogens with zero attached hydrogens (tertiary/aromatic N) is 1. The van der Waals surface area contributed by atoms with E-state index in [0.717, 1.165) is 18.4 Å². The minimum absolute atomic E-state index is 0.0944. The Bertz CT molecular complexity index is 652. The van der Waals surface area contributed by atoms with Gasteiger partial charge in [0.25, 0.3) is 0 Å². The van der Waals surface area contributed by atoms with Crippen LogP contribution in [0.2, 0.25) is 0 Å². The number of methoxy groups -OCH3 is 1. The summed E-state index contributed by atoms with van der Waals surface area (Å²) in [6.07, 6.45) is 5.07. The molecule has 3 rings (SSSR count). The van der Waals surface area contributed by atoms with E-state index in [4.69, 9.17) is 9.47 Å². The molecule has 1 aliphatic rings. The first-order chi connectivity index (χ1) is 9.81. The Morgan fingerprint density at radius 3 is 3.05 bits per heavy atom. The third-order valence-electron chi connectivity index (χ3n) is 3.43. The zero-order chi connectivity index (χ0) is 13.9. The number of hydrogen-bond donors (Lipinski definition) is 0. The standard InChI is InChI=1S/C16H15NO3/c1-19-14-10-17-8-7-12(14)15(18)13-6-2-4-11-5-3-9-20-16(11)13/h2,4,6-8,10H,3,5,9H2,1H3. The Balaban J connectivity index is 2.07. The van der Waals surface area contributed by atoms with Gasteiger partial charge in [-0.15, -0.1) is 0 Å². The van der Waals surface area contributed by atoms with E-state index in [0.29, 0.717) is 29.2 Å². The molecule has 1 aromatic carbocycles. The van der Waals surface area contributed by atoms with Gasteiger partial charge in [0.2, 0.25) is 5.78 Å². The zero-order valence-corrected chi connectivity index (χ0v) is 11.3. The number of rotatable bonds is 3. The number of ketones is 1. The van der Waals surface area contributed by atoms with Crippen LogP contribution in [0.25, 0.3) is 0 Å². The average Bonchev–Trinajstić information content (AvgIpc) is 2.53. The highest BCUT2D eigenvalue weighted by Crippen LogP contribution is 2.32. The molecule has 0 N–H and O–H groups in total. The fourth-order valence-electron chi connectivity index (χ4n) is 2.44. The SMILES string of the molecule is COc1cnccc1C(=O)c1cccc2c1OCCC2. The van der Waals surface area contributed by atoms with E-state index in [9.17, 15) is 4.79 Å². The van der Waals surface area contributed by atoms with E-state index >= 15 is 0 Å². The second-order valence-corrected chi connectivity index (χ2v) is 4.65. The predicted molar refractivity (Wildman–Crippen MR) is 74.5 cm³/mol. The first-order valence-electron chi connectivity index (χ1n) is 6.58. The van der Waals surface area contributed by atoms with Crippen LogP contribution in [0.3, 0.4) is 0 Å². The van der Waals surface area contributed by atoms with Crippen molar-refractivity contribution >= 4 is 5.78 Å². The lowest BCUT2D eigenvalue weighted by molar-refractivity contribution is 0.103. The summed E-state index contributed by atoms with van der Waals surface area (Å²) in [6, 6.07) is 7.37. The Hall–Kier alpha value is -2.36. The van der Waals surface area contributed by atoms with Crippen molar-refractivity contribution in [3.05, 3.63) is 53.3 Å². The fourth-order valence-corrected chi connectivity index (χ4v) is 2.44. The van der Waals surface area contributed by atoms with Crippen molar-refractivity contribution in [2.75, 3.05) is 13.7 Å². The molecule has 2 aromatic rings. The van der Waals surface area contributed by atoms with E-state index in [1.165, 1.54) is 7.11 Å². The second kappa shape index (κ2) is 5.33. The molecular weight excluding hydrogens is 254 g/mol. The maximum Gasteiger partial charge on any atom is 0.200 e. The van der Waals surface area contributed by atoms with Crippen LogP contribution in [0, 0.1) is 0 Å². The molecule has 0 aliphatic carbocycles. The van der Waals surface area contributed by atoms with Gasteiger partial charge in [-0.05, 0) is 30.5 Å². The number of pyridine rings is 1. The number of carbonyl (C=O) groups excluding carboxylic acids is 1. The van der Waals surface area contributed by atoms with Crippen molar-refractivity contribution in [3.63, 3.8) is 0 Å². The number of hydrogen-bond acceptors (Lipinski definition) is 4. The first kappa shape index (κ1) is 12.7. The lowest BCUT2D eigenvalue weighted by atomic mass is 9.97. The van der Waals surface area contributed by atoms with Crippen LogP contribution >= 0.6 is 0 Å². The quantitative estimate of drug-likeness (QED) is 0.804. The molecule has 4 heteroatoms. The van der Waals surface area contributed by atoms with Crippen LogP contribution in [0.15, 0.2) is 36.7 Å². The molecular formula is C16H15NO3. The molecule has 0 saturated carbocycles. The van der Waals surface area contributed by atoms with Crippen molar-refractivity contribution in [1.82, 2.24) is 4.98 Å².